The molecule has 0 amide bonds. The maximum absolute atomic E-state index is 10.6. The monoisotopic (exact) mass is 327 g/mol. The lowest BCUT2D eigenvalue weighted by molar-refractivity contribution is -0.133. The van der Waals surface area contributed by atoms with Gasteiger partial charge < -0.3 is 5.11 Å². The van der Waals surface area contributed by atoms with Crippen LogP contribution in [0.15, 0.2) is 34.2 Å². The number of benzene rings is 1. The Hall–Kier alpha value is -1.34. The summed E-state index contributed by atoms with van der Waals surface area (Å²) in [5, 5.41) is 17.0. The largest absolute Gasteiger partial charge is 0.481 e. The van der Waals surface area contributed by atoms with E-state index in [4.69, 9.17) is 5.11 Å². The summed E-state index contributed by atoms with van der Waals surface area (Å²) in [6.45, 7) is 1.99. The Bertz CT molecular complexity index is 565. The van der Waals surface area contributed by atoms with Crippen LogP contribution >= 0.6 is 27.7 Å². The second kappa shape index (κ2) is 5.53. The van der Waals surface area contributed by atoms with Crippen LogP contribution in [0.1, 0.15) is 5.56 Å². The molecule has 7 heteroatoms. The smallest absolute Gasteiger partial charge is 0.313 e. The van der Waals surface area contributed by atoms with Gasteiger partial charge in [0.05, 0.1) is 11.4 Å². The molecule has 5 nitrogen and oxygen atoms in total. The highest BCUT2D eigenvalue weighted by molar-refractivity contribution is 9.10. The van der Waals surface area contributed by atoms with E-state index < -0.39 is 5.97 Å². The van der Waals surface area contributed by atoms with E-state index in [0.717, 1.165) is 27.5 Å². The fourth-order valence-electron chi connectivity index (χ4n) is 1.48. The number of thioether (sulfide) groups is 1. The van der Waals surface area contributed by atoms with Gasteiger partial charge in [0, 0.05) is 4.47 Å². The third-order valence-electron chi connectivity index (χ3n) is 2.15. The number of hydrogen-bond donors (Lipinski definition) is 1. The number of aromatic nitrogens is 3. The summed E-state index contributed by atoms with van der Waals surface area (Å²) in [7, 11) is 0. The van der Waals surface area contributed by atoms with Crippen LogP contribution in [0.25, 0.3) is 5.69 Å². The SMILES string of the molecule is Cc1cc(Br)cc(-n2cnnc2SCC(=O)O)c1. The van der Waals surface area contributed by atoms with E-state index in [1.807, 2.05) is 25.1 Å². The number of carboxylic acids is 1. The van der Waals surface area contributed by atoms with Gasteiger partial charge in [-0.3, -0.25) is 9.36 Å². The maximum Gasteiger partial charge on any atom is 0.313 e. The zero-order valence-electron chi connectivity index (χ0n) is 9.50. The lowest BCUT2D eigenvalue weighted by atomic mass is 10.2. The van der Waals surface area contributed by atoms with E-state index in [-0.39, 0.29) is 5.75 Å². The first-order valence-corrected chi connectivity index (χ1v) is 6.86. The third-order valence-corrected chi connectivity index (χ3v) is 3.53. The van der Waals surface area contributed by atoms with Crippen LogP contribution in [0.5, 0.6) is 0 Å². The van der Waals surface area contributed by atoms with E-state index in [0.29, 0.717) is 5.16 Å². The van der Waals surface area contributed by atoms with Crippen molar-refractivity contribution in [1.82, 2.24) is 14.8 Å². The second-order valence-corrected chi connectivity index (χ2v) is 5.51. The zero-order valence-corrected chi connectivity index (χ0v) is 11.9. The van der Waals surface area contributed by atoms with Gasteiger partial charge in [-0.2, -0.15) is 0 Å². The Kier molecular flexibility index (Phi) is 4.03. The Labute approximate surface area is 116 Å². The molecule has 0 unspecified atom stereocenters. The number of aliphatic carboxylic acids is 1. The third kappa shape index (κ3) is 3.11. The van der Waals surface area contributed by atoms with E-state index in [1.54, 1.807) is 10.9 Å². The summed E-state index contributed by atoms with van der Waals surface area (Å²) in [5.41, 5.74) is 2.00. The lowest BCUT2D eigenvalue weighted by Crippen LogP contribution is -2.01. The van der Waals surface area contributed by atoms with Crippen LogP contribution in [0.3, 0.4) is 0 Å². The minimum atomic E-state index is -0.875. The number of carbonyl (C=O) groups is 1. The lowest BCUT2D eigenvalue weighted by Gasteiger charge is -2.07. The standard InChI is InChI=1S/C11H10BrN3O2S/c1-7-2-8(12)4-9(3-7)15-6-13-14-11(15)18-5-10(16)17/h2-4,6H,5H2,1H3,(H,16,17). The van der Waals surface area contributed by atoms with Crippen molar-refractivity contribution in [3.05, 3.63) is 34.6 Å². The summed E-state index contributed by atoms with van der Waals surface area (Å²) in [4.78, 5) is 10.6. The summed E-state index contributed by atoms with van der Waals surface area (Å²) < 4.78 is 2.73. The van der Waals surface area contributed by atoms with Crippen LogP contribution in [0.4, 0.5) is 0 Å². The van der Waals surface area contributed by atoms with E-state index in [9.17, 15) is 4.79 Å². The number of rotatable bonds is 4. The average Bonchev–Trinajstić information content (AvgIpc) is 2.72. The summed E-state index contributed by atoms with van der Waals surface area (Å²) in [6.07, 6.45) is 1.57. The molecular weight excluding hydrogens is 318 g/mol. The molecule has 0 fully saturated rings. The van der Waals surface area contributed by atoms with Crippen LogP contribution in [-0.2, 0) is 4.79 Å². The molecule has 1 N–H and O–H groups in total. The predicted octanol–water partition coefficient (Wildman–Crippen LogP) is 2.51. The van der Waals surface area contributed by atoms with Crippen molar-refractivity contribution in [3.8, 4) is 5.69 Å². The molecule has 1 heterocycles. The molecule has 0 radical (unpaired) electrons. The molecule has 1 aromatic heterocycles. The normalized spacial score (nSPS) is 10.6. The van der Waals surface area contributed by atoms with Crippen LogP contribution in [0.2, 0.25) is 0 Å². The van der Waals surface area contributed by atoms with Crippen molar-refractivity contribution >= 4 is 33.7 Å². The van der Waals surface area contributed by atoms with Crippen LogP contribution in [-0.4, -0.2) is 31.6 Å². The molecule has 0 aliphatic heterocycles. The van der Waals surface area contributed by atoms with Crippen molar-refractivity contribution < 1.29 is 9.90 Å². The van der Waals surface area contributed by atoms with Gasteiger partial charge in [-0.05, 0) is 30.7 Å². The number of halogens is 1. The Morgan fingerprint density at radius 1 is 1.50 bits per heavy atom. The van der Waals surface area contributed by atoms with Crippen molar-refractivity contribution in [2.75, 3.05) is 5.75 Å². The van der Waals surface area contributed by atoms with Gasteiger partial charge in [0.25, 0.3) is 0 Å². The molecule has 18 heavy (non-hydrogen) atoms. The molecule has 0 atom stereocenters. The first-order valence-electron chi connectivity index (χ1n) is 5.08. The fraction of sp³-hybridized carbons (Fsp3) is 0.182. The average molecular weight is 328 g/mol. The highest BCUT2D eigenvalue weighted by atomic mass is 79.9. The van der Waals surface area contributed by atoms with E-state index in [2.05, 4.69) is 26.1 Å². The van der Waals surface area contributed by atoms with Crippen molar-refractivity contribution in [2.45, 2.75) is 12.1 Å². The van der Waals surface area contributed by atoms with Gasteiger partial charge in [-0.25, -0.2) is 0 Å². The number of carboxylic acid groups (broad SMARTS) is 1. The molecule has 0 saturated carbocycles. The zero-order chi connectivity index (χ0) is 13.1. The Morgan fingerprint density at radius 2 is 2.28 bits per heavy atom. The topological polar surface area (TPSA) is 68.0 Å². The molecule has 0 spiro atoms. The number of nitrogens with zero attached hydrogens (tertiary/aromatic N) is 3. The quantitative estimate of drug-likeness (QED) is 0.874. The Balaban J connectivity index is 2.33. The van der Waals surface area contributed by atoms with Gasteiger partial charge in [0.2, 0.25) is 0 Å². The molecular formula is C11H10BrN3O2S. The molecule has 0 aliphatic carbocycles. The summed E-state index contributed by atoms with van der Waals surface area (Å²) in [5.74, 6) is -0.911. The maximum atomic E-state index is 10.6. The molecule has 0 saturated heterocycles. The van der Waals surface area contributed by atoms with Gasteiger partial charge in [0.1, 0.15) is 6.33 Å². The fourth-order valence-corrected chi connectivity index (χ4v) is 2.73. The van der Waals surface area contributed by atoms with Gasteiger partial charge >= 0.3 is 5.97 Å². The van der Waals surface area contributed by atoms with Gasteiger partial charge in [-0.15, -0.1) is 10.2 Å². The number of aryl methyl sites for hydroxylation is 1. The second-order valence-electron chi connectivity index (χ2n) is 3.65. The first-order chi connectivity index (χ1) is 8.56. The van der Waals surface area contributed by atoms with Crippen LogP contribution < -0.4 is 0 Å². The summed E-state index contributed by atoms with van der Waals surface area (Å²) in [6, 6.07) is 5.91. The molecule has 1 aromatic carbocycles. The molecule has 94 valence electrons. The van der Waals surface area contributed by atoms with Gasteiger partial charge in [0.15, 0.2) is 5.16 Å². The summed E-state index contributed by atoms with van der Waals surface area (Å²) >= 11 is 4.57. The highest BCUT2D eigenvalue weighted by Crippen LogP contribution is 2.23. The molecule has 0 bridgehead atoms. The van der Waals surface area contributed by atoms with Crippen molar-refractivity contribution in [2.24, 2.45) is 0 Å². The molecule has 2 aromatic rings. The Morgan fingerprint density at radius 3 is 2.94 bits per heavy atom. The first kappa shape index (κ1) is 13.1. The molecule has 0 aliphatic rings. The molecule has 2 rings (SSSR count). The predicted molar refractivity (Wildman–Crippen MR) is 72.2 cm³/mol. The number of hydrogen-bond acceptors (Lipinski definition) is 4. The van der Waals surface area contributed by atoms with E-state index >= 15 is 0 Å². The van der Waals surface area contributed by atoms with Crippen molar-refractivity contribution in [3.63, 3.8) is 0 Å². The highest BCUT2D eigenvalue weighted by Gasteiger charge is 2.09. The minimum absolute atomic E-state index is 0.0360. The van der Waals surface area contributed by atoms with Crippen LogP contribution in [0, 0.1) is 6.92 Å². The van der Waals surface area contributed by atoms with Crippen molar-refractivity contribution in [1.29, 1.82) is 0 Å². The van der Waals surface area contributed by atoms with E-state index in [1.165, 1.54) is 0 Å². The van der Waals surface area contributed by atoms with Gasteiger partial charge in [-0.1, -0.05) is 27.7 Å². The minimum Gasteiger partial charge on any atom is -0.481 e.